The number of carbonyl (C=O) groups excluding carboxylic acids is 1. The van der Waals surface area contributed by atoms with Crippen LogP contribution < -0.4 is 10.9 Å². The van der Waals surface area contributed by atoms with E-state index in [4.69, 9.17) is 0 Å². The summed E-state index contributed by atoms with van der Waals surface area (Å²) >= 11 is 0. The lowest BCUT2D eigenvalue weighted by atomic mass is 9.69. The normalized spacial score (nSPS) is 19.2. The fourth-order valence-corrected chi connectivity index (χ4v) is 4.80. The molecule has 7 nitrogen and oxygen atoms in total. The molecule has 1 atom stereocenters. The average molecular weight is 429 g/mol. The van der Waals surface area contributed by atoms with Gasteiger partial charge in [-0.2, -0.15) is 0 Å². The molecule has 3 aromatic rings. The van der Waals surface area contributed by atoms with E-state index in [1.165, 1.54) is 16.8 Å². The Bertz CT molecular complexity index is 1330. The number of aromatic carboxylic acids is 1. The van der Waals surface area contributed by atoms with Crippen molar-refractivity contribution in [2.24, 2.45) is 5.41 Å². The summed E-state index contributed by atoms with van der Waals surface area (Å²) in [6.07, 6.45) is 1.07. The largest absolute Gasteiger partial charge is 0.478 e. The molecule has 0 unspecified atom stereocenters. The highest BCUT2D eigenvalue weighted by Crippen LogP contribution is 2.47. The monoisotopic (exact) mass is 429 g/mol. The van der Waals surface area contributed by atoms with E-state index in [0.717, 1.165) is 11.3 Å². The summed E-state index contributed by atoms with van der Waals surface area (Å²) in [6.45, 7) is 4.11. The van der Waals surface area contributed by atoms with Crippen LogP contribution in [0.2, 0.25) is 0 Å². The van der Waals surface area contributed by atoms with Gasteiger partial charge in [-0.05, 0) is 41.7 Å². The molecule has 0 saturated heterocycles. The number of carboxylic acid groups (broad SMARTS) is 1. The number of benzene rings is 2. The lowest BCUT2D eigenvalue weighted by Crippen LogP contribution is -2.35. The van der Waals surface area contributed by atoms with Crippen molar-refractivity contribution in [3.05, 3.63) is 92.9 Å². The Morgan fingerprint density at radius 3 is 2.38 bits per heavy atom. The second-order valence-electron chi connectivity index (χ2n) is 9.19. The molecule has 7 heteroatoms. The van der Waals surface area contributed by atoms with Crippen LogP contribution in [0, 0.1) is 5.41 Å². The molecule has 32 heavy (non-hydrogen) atoms. The van der Waals surface area contributed by atoms with E-state index >= 15 is 0 Å². The molecule has 1 aliphatic carbocycles. The highest BCUT2D eigenvalue weighted by molar-refractivity contribution is 6.01. The number of para-hydroxylation sites is 1. The van der Waals surface area contributed by atoms with Crippen LogP contribution in [-0.2, 0) is 4.79 Å². The van der Waals surface area contributed by atoms with E-state index in [1.54, 1.807) is 12.1 Å². The van der Waals surface area contributed by atoms with Crippen molar-refractivity contribution in [1.29, 1.82) is 0 Å². The van der Waals surface area contributed by atoms with Crippen molar-refractivity contribution in [3.8, 4) is 5.69 Å². The molecule has 1 aliphatic heterocycles. The molecule has 0 fully saturated rings. The van der Waals surface area contributed by atoms with Crippen molar-refractivity contribution < 1.29 is 14.7 Å². The van der Waals surface area contributed by atoms with E-state index in [2.05, 4.69) is 24.3 Å². The minimum absolute atomic E-state index is 0.00794. The number of fused-ring (bicyclic) bond motifs is 1. The van der Waals surface area contributed by atoms with Crippen LogP contribution in [0.15, 0.2) is 70.7 Å². The van der Waals surface area contributed by atoms with E-state index in [0.29, 0.717) is 35.5 Å². The third kappa shape index (κ3) is 3.17. The number of hydrogen-bond donors (Lipinski definition) is 3. The Morgan fingerprint density at radius 1 is 1.03 bits per heavy atom. The summed E-state index contributed by atoms with van der Waals surface area (Å²) in [6, 6.07) is 15.7. The highest BCUT2D eigenvalue weighted by atomic mass is 16.4. The van der Waals surface area contributed by atoms with Gasteiger partial charge < -0.3 is 10.4 Å². The number of H-pyrrole nitrogens is 1. The molecule has 2 heterocycles. The number of nitrogens with one attached hydrogen (secondary N) is 2. The number of rotatable bonds is 3. The first kappa shape index (κ1) is 20.1. The molecular formula is C25H23N3O4. The van der Waals surface area contributed by atoms with Gasteiger partial charge >= 0.3 is 5.97 Å². The van der Waals surface area contributed by atoms with Gasteiger partial charge in [0.15, 0.2) is 5.78 Å². The summed E-state index contributed by atoms with van der Waals surface area (Å²) in [4.78, 5) is 38.2. The number of hydrogen-bond acceptors (Lipinski definition) is 4. The fraction of sp³-hybridized carbons (Fsp3) is 0.240. The van der Waals surface area contributed by atoms with Gasteiger partial charge in [-0.25, -0.2) is 9.48 Å². The number of allylic oxidation sites excluding steroid dienone is 2. The zero-order valence-corrected chi connectivity index (χ0v) is 17.8. The van der Waals surface area contributed by atoms with E-state index in [9.17, 15) is 19.5 Å². The number of carbonyl (C=O) groups is 2. The molecule has 3 N–H and O–H groups in total. The fourth-order valence-electron chi connectivity index (χ4n) is 4.80. The van der Waals surface area contributed by atoms with Crippen LogP contribution in [0.1, 0.15) is 54.1 Å². The molecule has 5 rings (SSSR count). The van der Waals surface area contributed by atoms with Crippen LogP contribution >= 0.6 is 0 Å². The van der Waals surface area contributed by atoms with Crippen molar-refractivity contribution in [2.45, 2.75) is 32.6 Å². The quantitative estimate of drug-likeness (QED) is 0.582. The first-order chi connectivity index (χ1) is 15.2. The molecule has 0 radical (unpaired) electrons. The number of Topliss-reactive ketones (excluding diaryl/α,β-unsaturated/α-hetero) is 1. The van der Waals surface area contributed by atoms with Crippen molar-refractivity contribution in [3.63, 3.8) is 0 Å². The molecule has 1 aromatic heterocycles. The SMILES string of the molecule is CC1(C)CC(=O)C2=C(C1)Nc1[nH]n(-c3ccccc3)c(=O)c1[C@H]2c1ccc(C(=O)O)cc1. The maximum Gasteiger partial charge on any atom is 0.335 e. The number of ketones is 1. The predicted octanol–water partition coefficient (Wildman–Crippen LogP) is 4.06. The molecule has 2 aliphatic rings. The topological polar surface area (TPSA) is 104 Å². The molecular weight excluding hydrogens is 406 g/mol. The maximum absolute atomic E-state index is 13.5. The average Bonchev–Trinajstić information content (AvgIpc) is 3.08. The van der Waals surface area contributed by atoms with E-state index < -0.39 is 11.9 Å². The smallest absolute Gasteiger partial charge is 0.335 e. The van der Waals surface area contributed by atoms with Crippen LogP contribution in [0.25, 0.3) is 5.69 Å². The zero-order chi connectivity index (χ0) is 22.6. The summed E-state index contributed by atoms with van der Waals surface area (Å²) in [5.41, 5.74) is 3.00. The van der Waals surface area contributed by atoms with Gasteiger partial charge in [0.25, 0.3) is 5.56 Å². The van der Waals surface area contributed by atoms with Gasteiger partial charge in [-0.3, -0.25) is 14.7 Å². The first-order valence-corrected chi connectivity index (χ1v) is 10.5. The number of aromatic amines is 1. The Balaban J connectivity index is 1.73. The summed E-state index contributed by atoms with van der Waals surface area (Å²) in [5, 5.41) is 15.8. The van der Waals surface area contributed by atoms with Crippen LogP contribution in [0.5, 0.6) is 0 Å². The molecule has 162 valence electrons. The molecule has 2 aromatic carbocycles. The number of nitrogens with zero attached hydrogens (tertiary/aromatic N) is 1. The Kier molecular flexibility index (Phi) is 4.44. The number of anilines is 1. The third-order valence-electron chi connectivity index (χ3n) is 6.21. The van der Waals surface area contributed by atoms with Gasteiger partial charge in [-0.1, -0.05) is 44.2 Å². The Hall–Kier alpha value is -3.87. The lowest BCUT2D eigenvalue weighted by Gasteiger charge is -2.37. The Labute approximate surface area is 184 Å². The predicted molar refractivity (Wildman–Crippen MR) is 120 cm³/mol. The summed E-state index contributed by atoms with van der Waals surface area (Å²) in [7, 11) is 0. The third-order valence-corrected chi connectivity index (χ3v) is 6.21. The molecule has 0 bridgehead atoms. The maximum atomic E-state index is 13.5. The first-order valence-electron chi connectivity index (χ1n) is 10.5. The van der Waals surface area contributed by atoms with Crippen molar-refractivity contribution in [1.82, 2.24) is 9.78 Å². The van der Waals surface area contributed by atoms with Crippen molar-refractivity contribution >= 4 is 17.6 Å². The minimum atomic E-state index is -1.02. The standard InChI is InChI=1S/C25H23N3O4/c1-25(2)12-17-20(18(29)13-25)19(14-8-10-15(11-9-14)24(31)32)21-22(26-17)27-28(23(21)30)16-6-4-3-5-7-16/h3-11,19,26-27H,12-13H2,1-2H3,(H,31,32)/t19-/m0/s1. The van der Waals surface area contributed by atoms with Crippen LogP contribution in [0.3, 0.4) is 0 Å². The van der Waals surface area contributed by atoms with E-state index in [-0.39, 0.29) is 22.3 Å². The molecule has 0 amide bonds. The van der Waals surface area contributed by atoms with Gasteiger partial charge in [0.1, 0.15) is 5.82 Å². The second-order valence-corrected chi connectivity index (χ2v) is 9.19. The van der Waals surface area contributed by atoms with Crippen LogP contribution in [0.4, 0.5) is 5.82 Å². The van der Waals surface area contributed by atoms with Gasteiger partial charge in [0, 0.05) is 23.6 Å². The minimum Gasteiger partial charge on any atom is -0.478 e. The summed E-state index contributed by atoms with van der Waals surface area (Å²) < 4.78 is 1.48. The van der Waals surface area contributed by atoms with Gasteiger partial charge in [0.2, 0.25) is 0 Å². The van der Waals surface area contributed by atoms with Crippen LogP contribution in [-0.4, -0.2) is 26.6 Å². The second kappa shape index (κ2) is 7.09. The van der Waals surface area contributed by atoms with Gasteiger partial charge in [-0.15, -0.1) is 0 Å². The van der Waals surface area contributed by atoms with E-state index in [1.807, 2.05) is 30.3 Å². The highest BCUT2D eigenvalue weighted by Gasteiger charge is 2.42. The number of aromatic nitrogens is 2. The number of carboxylic acids is 1. The summed E-state index contributed by atoms with van der Waals surface area (Å²) in [5.74, 6) is -1.02. The van der Waals surface area contributed by atoms with Gasteiger partial charge in [0.05, 0.1) is 16.8 Å². The lowest BCUT2D eigenvalue weighted by molar-refractivity contribution is -0.118. The molecule has 0 spiro atoms. The molecule has 0 saturated carbocycles. The zero-order valence-electron chi connectivity index (χ0n) is 17.8. The van der Waals surface area contributed by atoms with Crippen molar-refractivity contribution in [2.75, 3.05) is 5.32 Å². The Morgan fingerprint density at radius 2 is 1.72 bits per heavy atom.